The summed E-state index contributed by atoms with van der Waals surface area (Å²) in [5.41, 5.74) is 0.643. The van der Waals surface area contributed by atoms with E-state index in [0.29, 0.717) is 24.0 Å². The topological polar surface area (TPSA) is 30.5 Å². The molecule has 0 aliphatic carbocycles. The van der Waals surface area contributed by atoms with Crippen molar-refractivity contribution in [3.8, 4) is 5.75 Å². The van der Waals surface area contributed by atoms with Gasteiger partial charge in [0.25, 0.3) is 0 Å². The molecule has 1 N–H and O–H groups in total. The SMILES string of the molecule is COc1cccc(CNCCC2CCCCO2)c1F. The Balaban J connectivity index is 1.73. The number of nitrogens with one attached hydrogen (secondary N) is 1. The zero-order valence-corrected chi connectivity index (χ0v) is 11.5. The van der Waals surface area contributed by atoms with Gasteiger partial charge in [0.05, 0.1) is 13.2 Å². The Kier molecular flexibility index (Phi) is 5.61. The summed E-state index contributed by atoms with van der Waals surface area (Å²) in [6, 6.07) is 5.22. The Bertz CT molecular complexity index is 392. The highest BCUT2D eigenvalue weighted by Gasteiger charge is 2.13. The van der Waals surface area contributed by atoms with Crippen LogP contribution in [0.2, 0.25) is 0 Å². The fraction of sp³-hybridized carbons (Fsp3) is 0.600. The molecular weight excluding hydrogens is 245 g/mol. The van der Waals surface area contributed by atoms with E-state index in [4.69, 9.17) is 9.47 Å². The number of methoxy groups -OCH3 is 1. The average Bonchev–Trinajstić information content (AvgIpc) is 2.46. The molecule has 1 aliphatic heterocycles. The van der Waals surface area contributed by atoms with Crippen molar-refractivity contribution in [1.82, 2.24) is 5.32 Å². The normalized spacial score (nSPS) is 19.4. The van der Waals surface area contributed by atoms with Gasteiger partial charge >= 0.3 is 0 Å². The third-order valence-corrected chi connectivity index (χ3v) is 3.50. The number of hydrogen-bond acceptors (Lipinski definition) is 3. The molecule has 1 unspecified atom stereocenters. The predicted molar refractivity (Wildman–Crippen MR) is 72.9 cm³/mol. The number of benzene rings is 1. The lowest BCUT2D eigenvalue weighted by Crippen LogP contribution is -2.25. The van der Waals surface area contributed by atoms with Gasteiger partial charge in [0.2, 0.25) is 0 Å². The molecule has 1 atom stereocenters. The summed E-state index contributed by atoms with van der Waals surface area (Å²) in [7, 11) is 1.48. The summed E-state index contributed by atoms with van der Waals surface area (Å²) >= 11 is 0. The Hall–Kier alpha value is -1.13. The minimum atomic E-state index is -0.272. The van der Waals surface area contributed by atoms with Crippen molar-refractivity contribution in [2.24, 2.45) is 0 Å². The van der Waals surface area contributed by atoms with Gasteiger partial charge in [-0.15, -0.1) is 0 Å². The van der Waals surface area contributed by atoms with Crippen molar-refractivity contribution in [3.63, 3.8) is 0 Å². The second-order valence-electron chi connectivity index (χ2n) is 4.89. The third-order valence-electron chi connectivity index (χ3n) is 3.50. The van der Waals surface area contributed by atoms with Gasteiger partial charge in [0.15, 0.2) is 11.6 Å². The molecule has 1 saturated heterocycles. The van der Waals surface area contributed by atoms with E-state index in [1.807, 2.05) is 6.07 Å². The molecule has 0 saturated carbocycles. The molecule has 1 aliphatic rings. The van der Waals surface area contributed by atoms with Crippen LogP contribution in [0.3, 0.4) is 0 Å². The number of hydrogen-bond donors (Lipinski definition) is 1. The van der Waals surface area contributed by atoms with E-state index in [0.717, 1.165) is 26.0 Å². The summed E-state index contributed by atoms with van der Waals surface area (Å²) in [4.78, 5) is 0. The summed E-state index contributed by atoms with van der Waals surface area (Å²) < 4.78 is 24.5. The fourth-order valence-corrected chi connectivity index (χ4v) is 2.37. The summed E-state index contributed by atoms with van der Waals surface area (Å²) in [6.45, 7) is 2.26. The van der Waals surface area contributed by atoms with E-state index in [1.165, 1.54) is 20.0 Å². The first-order chi connectivity index (χ1) is 9.31. The lowest BCUT2D eigenvalue weighted by Gasteiger charge is -2.22. The third kappa shape index (κ3) is 4.18. The number of halogens is 1. The average molecular weight is 267 g/mol. The van der Waals surface area contributed by atoms with Crippen LogP contribution in [-0.2, 0) is 11.3 Å². The molecule has 0 spiro atoms. The van der Waals surface area contributed by atoms with Gasteiger partial charge < -0.3 is 14.8 Å². The van der Waals surface area contributed by atoms with Crippen molar-refractivity contribution in [3.05, 3.63) is 29.6 Å². The Morgan fingerprint density at radius 2 is 2.32 bits per heavy atom. The Morgan fingerprint density at radius 1 is 1.42 bits per heavy atom. The maximum absolute atomic E-state index is 13.9. The van der Waals surface area contributed by atoms with Crippen LogP contribution in [0.25, 0.3) is 0 Å². The molecule has 0 amide bonds. The summed E-state index contributed by atoms with van der Waals surface area (Å²) in [5.74, 6) is 0.0290. The van der Waals surface area contributed by atoms with Gasteiger partial charge in [0.1, 0.15) is 0 Å². The molecule has 0 bridgehead atoms. The molecule has 0 aromatic heterocycles. The predicted octanol–water partition coefficient (Wildman–Crippen LogP) is 2.88. The minimum absolute atomic E-state index is 0.272. The fourth-order valence-electron chi connectivity index (χ4n) is 2.37. The largest absolute Gasteiger partial charge is 0.494 e. The standard InChI is InChI=1S/C15H22FNO2/c1-18-14-7-4-5-12(15(14)16)11-17-9-8-13-6-2-3-10-19-13/h4-5,7,13,17H,2-3,6,8-11H2,1H3. The van der Waals surface area contributed by atoms with Crippen LogP contribution in [0.4, 0.5) is 4.39 Å². The molecule has 4 heteroatoms. The van der Waals surface area contributed by atoms with Gasteiger partial charge in [-0.1, -0.05) is 12.1 Å². The van der Waals surface area contributed by atoms with E-state index in [-0.39, 0.29) is 5.82 Å². The maximum atomic E-state index is 13.9. The molecule has 106 valence electrons. The van der Waals surface area contributed by atoms with Gasteiger partial charge in [0, 0.05) is 18.7 Å². The molecule has 1 heterocycles. The van der Waals surface area contributed by atoms with Gasteiger partial charge in [-0.2, -0.15) is 0 Å². The molecule has 19 heavy (non-hydrogen) atoms. The lowest BCUT2D eigenvalue weighted by atomic mass is 10.1. The Labute approximate surface area is 114 Å². The maximum Gasteiger partial charge on any atom is 0.169 e. The van der Waals surface area contributed by atoms with Crippen molar-refractivity contribution < 1.29 is 13.9 Å². The van der Waals surface area contributed by atoms with Crippen LogP contribution in [0.15, 0.2) is 18.2 Å². The van der Waals surface area contributed by atoms with Crippen molar-refractivity contribution in [2.75, 3.05) is 20.3 Å². The van der Waals surface area contributed by atoms with Crippen molar-refractivity contribution in [1.29, 1.82) is 0 Å². The van der Waals surface area contributed by atoms with Crippen LogP contribution < -0.4 is 10.1 Å². The van der Waals surface area contributed by atoms with Crippen LogP contribution in [-0.4, -0.2) is 26.4 Å². The van der Waals surface area contributed by atoms with Crippen LogP contribution >= 0.6 is 0 Å². The van der Waals surface area contributed by atoms with Crippen molar-refractivity contribution in [2.45, 2.75) is 38.3 Å². The highest BCUT2D eigenvalue weighted by molar-refractivity contribution is 5.30. The van der Waals surface area contributed by atoms with Gasteiger partial charge in [-0.25, -0.2) is 4.39 Å². The molecule has 1 aromatic carbocycles. The van der Waals surface area contributed by atoms with Crippen molar-refractivity contribution >= 4 is 0 Å². The summed E-state index contributed by atoms with van der Waals surface area (Å²) in [5, 5.41) is 3.27. The van der Waals surface area contributed by atoms with Gasteiger partial charge in [-0.3, -0.25) is 0 Å². The second-order valence-corrected chi connectivity index (χ2v) is 4.89. The minimum Gasteiger partial charge on any atom is -0.494 e. The smallest absolute Gasteiger partial charge is 0.169 e. The quantitative estimate of drug-likeness (QED) is 0.804. The molecule has 0 radical (unpaired) electrons. The first-order valence-electron chi connectivity index (χ1n) is 6.95. The van der Waals surface area contributed by atoms with E-state index < -0.39 is 0 Å². The lowest BCUT2D eigenvalue weighted by molar-refractivity contribution is 0.0115. The van der Waals surface area contributed by atoms with E-state index in [1.54, 1.807) is 12.1 Å². The van der Waals surface area contributed by atoms with Gasteiger partial charge in [-0.05, 0) is 38.3 Å². The molecular formula is C15H22FNO2. The van der Waals surface area contributed by atoms with Crippen LogP contribution in [0, 0.1) is 5.82 Å². The second kappa shape index (κ2) is 7.46. The zero-order chi connectivity index (χ0) is 13.5. The van der Waals surface area contributed by atoms with E-state index in [2.05, 4.69) is 5.32 Å². The highest BCUT2D eigenvalue weighted by Crippen LogP contribution is 2.20. The monoisotopic (exact) mass is 267 g/mol. The van der Waals surface area contributed by atoms with E-state index >= 15 is 0 Å². The van der Waals surface area contributed by atoms with Crippen LogP contribution in [0.1, 0.15) is 31.2 Å². The highest BCUT2D eigenvalue weighted by atomic mass is 19.1. The molecule has 3 nitrogen and oxygen atoms in total. The molecule has 1 fully saturated rings. The summed E-state index contributed by atoms with van der Waals surface area (Å²) in [6.07, 6.45) is 4.95. The number of ether oxygens (including phenoxy) is 2. The molecule has 1 aromatic rings. The molecule has 2 rings (SSSR count). The van der Waals surface area contributed by atoms with Crippen LogP contribution in [0.5, 0.6) is 5.75 Å². The first-order valence-corrected chi connectivity index (χ1v) is 6.95. The first kappa shape index (κ1) is 14.3. The van der Waals surface area contributed by atoms with E-state index in [9.17, 15) is 4.39 Å². The number of rotatable bonds is 6. The zero-order valence-electron chi connectivity index (χ0n) is 11.5. The Morgan fingerprint density at radius 3 is 3.05 bits per heavy atom.